The molecule has 3 aromatic carbocycles. The third kappa shape index (κ3) is 9.87. The predicted molar refractivity (Wildman–Crippen MR) is 225 cm³/mol. The third-order valence-corrected chi connectivity index (χ3v) is 11.2. The minimum atomic E-state index is -0.807. The van der Waals surface area contributed by atoms with Gasteiger partial charge >= 0.3 is 0 Å². The molecular weight excluding hydrogens is 754 g/mol. The first-order chi connectivity index (χ1) is 27.7. The second-order valence-electron chi connectivity index (χ2n) is 15.6. The lowest BCUT2D eigenvalue weighted by molar-refractivity contribution is -0.144. The first-order valence-corrected chi connectivity index (χ1v) is 20.2. The predicted octanol–water partition coefficient (Wildman–Crippen LogP) is 7.59. The van der Waals surface area contributed by atoms with Crippen molar-refractivity contribution >= 4 is 34.9 Å². The van der Waals surface area contributed by atoms with Crippen LogP contribution in [0.2, 0.25) is 0 Å². The van der Waals surface area contributed by atoms with Gasteiger partial charge in [-0.3, -0.25) is 14.4 Å². The first kappa shape index (κ1) is 41.5. The number of carbonyl (C=O) groups excluding carboxylic acids is 3. The summed E-state index contributed by atoms with van der Waals surface area (Å²) in [6, 6.07) is 19.0. The van der Waals surface area contributed by atoms with Crippen LogP contribution in [0.4, 0.5) is 10.2 Å². The molecule has 5 aromatic rings. The van der Waals surface area contributed by atoms with Gasteiger partial charge in [-0.2, -0.15) is 0 Å². The topological polar surface area (TPSA) is 163 Å². The maximum Gasteiger partial charge on any atom is 0.246 e. The molecule has 0 bridgehead atoms. The van der Waals surface area contributed by atoms with Crippen LogP contribution in [-0.4, -0.2) is 61.5 Å². The van der Waals surface area contributed by atoms with Crippen LogP contribution in [0.3, 0.4) is 0 Å². The van der Waals surface area contributed by atoms with Crippen LogP contribution in [0.15, 0.2) is 78.3 Å². The molecule has 0 aliphatic carbocycles. The number of amides is 3. The number of nitrogen functional groups attached to an aromatic ring is 1. The van der Waals surface area contributed by atoms with Crippen LogP contribution in [-0.2, 0) is 14.4 Å². The Balaban J connectivity index is 1.01. The van der Waals surface area contributed by atoms with E-state index in [1.54, 1.807) is 22.3 Å². The summed E-state index contributed by atoms with van der Waals surface area (Å²) in [4.78, 5) is 47.8. The molecule has 1 saturated heterocycles. The number of nitrogens with one attached hydrogen (secondary N) is 2. The zero-order valence-corrected chi connectivity index (χ0v) is 34.1. The second kappa shape index (κ2) is 18.0. The Hall–Kier alpha value is -6.13. The summed E-state index contributed by atoms with van der Waals surface area (Å²) >= 11 is 1.59. The Kier molecular flexibility index (Phi) is 12.9. The molecule has 11 nitrogen and oxygen atoms in total. The van der Waals surface area contributed by atoms with Crippen molar-refractivity contribution in [3.63, 3.8) is 0 Å². The van der Waals surface area contributed by atoms with Crippen molar-refractivity contribution in [1.29, 1.82) is 0 Å². The van der Waals surface area contributed by atoms with Crippen molar-refractivity contribution in [1.82, 2.24) is 30.7 Å². The monoisotopic (exact) mass is 801 g/mol. The van der Waals surface area contributed by atoms with Crippen molar-refractivity contribution in [2.24, 2.45) is 5.41 Å². The number of aromatic nitrogens is 3. The number of phenolic OH excluding ortho intramolecular Hbond substituents is 1. The van der Waals surface area contributed by atoms with Crippen molar-refractivity contribution in [2.45, 2.75) is 84.8 Å². The lowest BCUT2D eigenvalue weighted by Gasteiger charge is -2.35. The molecule has 3 amide bonds. The van der Waals surface area contributed by atoms with E-state index in [0.717, 1.165) is 38.9 Å². The van der Waals surface area contributed by atoms with E-state index in [2.05, 4.69) is 37.7 Å². The van der Waals surface area contributed by atoms with Gasteiger partial charge in [0.1, 0.15) is 23.7 Å². The van der Waals surface area contributed by atoms with E-state index in [0.29, 0.717) is 37.8 Å². The average Bonchev–Trinajstić information content (AvgIpc) is 3.87. The molecule has 6 rings (SSSR count). The number of hydrogen-bond donors (Lipinski definition) is 4. The average molecular weight is 802 g/mol. The van der Waals surface area contributed by atoms with Crippen LogP contribution in [0, 0.1) is 30.0 Å². The van der Waals surface area contributed by atoms with Crippen LogP contribution in [0.25, 0.3) is 32.8 Å². The van der Waals surface area contributed by atoms with Crippen molar-refractivity contribution in [3.05, 3.63) is 101 Å². The first-order valence-electron chi connectivity index (χ1n) is 19.3. The minimum Gasteiger partial charge on any atom is -0.507 e. The summed E-state index contributed by atoms with van der Waals surface area (Å²) in [5.74, 6) is 5.06. The van der Waals surface area contributed by atoms with E-state index in [1.165, 1.54) is 12.1 Å². The number of phenols is 1. The maximum absolute atomic E-state index is 14.0. The number of nitrogens with two attached hydrogens (primary N) is 1. The fourth-order valence-electron chi connectivity index (χ4n) is 6.96. The fraction of sp³-hybridized carbons (Fsp3) is 0.333. The minimum absolute atomic E-state index is 0.124. The van der Waals surface area contributed by atoms with Crippen LogP contribution >= 0.6 is 11.3 Å². The molecule has 0 radical (unpaired) electrons. The van der Waals surface area contributed by atoms with Gasteiger partial charge in [-0.25, -0.2) is 9.37 Å². The van der Waals surface area contributed by atoms with Crippen LogP contribution in [0.1, 0.15) is 82.7 Å². The normalized spacial score (nSPS) is 14.9. The highest BCUT2D eigenvalue weighted by Gasteiger charge is 2.42. The highest BCUT2D eigenvalue weighted by Crippen LogP contribution is 2.33. The van der Waals surface area contributed by atoms with Gasteiger partial charge in [0.15, 0.2) is 5.82 Å². The van der Waals surface area contributed by atoms with Gasteiger partial charge in [0.2, 0.25) is 17.7 Å². The summed E-state index contributed by atoms with van der Waals surface area (Å²) in [7, 11) is 0. The van der Waals surface area contributed by atoms with E-state index in [4.69, 9.17) is 5.73 Å². The van der Waals surface area contributed by atoms with E-state index in [1.807, 2.05) is 88.7 Å². The van der Waals surface area contributed by atoms with Gasteiger partial charge < -0.3 is 26.4 Å². The van der Waals surface area contributed by atoms with Gasteiger partial charge in [0.25, 0.3) is 0 Å². The van der Waals surface area contributed by atoms with Crippen molar-refractivity contribution in [3.8, 4) is 50.4 Å². The molecule has 3 heterocycles. The largest absolute Gasteiger partial charge is 0.507 e. The summed E-state index contributed by atoms with van der Waals surface area (Å²) in [6.45, 7) is 10.1. The lowest BCUT2D eigenvalue weighted by Crippen LogP contribution is -2.57. The quantitative estimate of drug-likeness (QED) is 0.0785. The van der Waals surface area contributed by atoms with Crippen molar-refractivity contribution in [2.75, 3.05) is 12.3 Å². The highest BCUT2D eigenvalue weighted by atomic mass is 32.1. The molecule has 3 unspecified atom stereocenters. The Morgan fingerprint density at radius 3 is 2.41 bits per heavy atom. The number of likely N-dealkylation sites (tertiary alicyclic amines) is 1. The van der Waals surface area contributed by atoms with Crippen molar-refractivity contribution < 1.29 is 23.9 Å². The molecule has 58 heavy (non-hydrogen) atoms. The molecule has 0 saturated carbocycles. The smallest absolute Gasteiger partial charge is 0.246 e. The molecule has 13 heteroatoms. The molecule has 1 aliphatic rings. The zero-order valence-electron chi connectivity index (χ0n) is 33.3. The molecule has 1 aliphatic heterocycles. The standard InChI is InChI=1S/C45H48FN7O4S/c1-27(30-17-19-32(20-18-30)40-28(2)48-26-58-40)49-43(56)37-11-9-23-53(37)44(57)41(45(3,4)5)50-39(55)12-8-6-7-10-29-13-15-31(16-14-29)34-25-36(51-52-42(34)47)35-24-33(46)21-22-38(35)54/h13-22,24-27,37,41,54H,6,8-9,11-12,23H2,1-5H3,(H2,47,52)(H,49,56)(H,50,55). The third-order valence-electron chi connectivity index (χ3n) is 10.2. The van der Waals surface area contributed by atoms with Gasteiger partial charge in [0.05, 0.1) is 27.8 Å². The van der Waals surface area contributed by atoms with E-state index < -0.39 is 23.3 Å². The number of halogens is 1. The Labute approximate surface area is 342 Å². The molecule has 0 spiro atoms. The van der Waals surface area contributed by atoms with Gasteiger partial charge in [-0.1, -0.05) is 69.0 Å². The Morgan fingerprint density at radius 2 is 1.72 bits per heavy atom. The number of nitrogens with zero attached hydrogens (tertiary/aromatic N) is 4. The van der Waals surface area contributed by atoms with Crippen LogP contribution < -0.4 is 16.4 Å². The molecule has 1 fully saturated rings. The summed E-state index contributed by atoms with van der Waals surface area (Å²) in [5.41, 5.74) is 12.9. The number of anilines is 1. The number of aryl methyl sites for hydroxylation is 1. The fourth-order valence-corrected chi connectivity index (χ4v) is 7.77. The van der Waals surface area contributed by atoms with Gasteiger partial charge in [0, 0.05) is 36.1 Å². The molecule has 300 valence electrons. The lowest BCUT2D eigenvalue weighted by atomic mass is 9.85. The number of rotatable bonds is 11. The van der Waals surface area contributed by atoms with Gasteiger partial charge in [-0.05, 0) is 91.6 Å². The zero-order chi connectivity index (χ0) is 41.6. The van der Waals surface area contributed by atoms with Crippen LogP contribution in [0.5, 0.6) is 5.75 Å². The highest BCUT2D eigenvalue weighted by molar-refractivity contribution is 7.13. The maximum atomic E-state index is 14.0. The summed E-state index contributed by atoms with van der Waals surface area (Å²) in [6.07, 6.45) is 2.40. The second-order valence-corrected chi connectivity index (χ2v) is 16.5. The SMILES string of the molecule is Cc1ncsc1-c1ccc(C(C)NC(=O)C2CCCN2C(=O)C(NC(=O)CCCC#Cc2ccc(-c3cc(-c4cc(F)ccc4O)nnc3N)cc2)C(C)(C)C)cc1. The molecule has 3 atom stereocenters. The van der Waals surface area contributed by atoms with E-state index in [9.17, 15) is 23.9 Å². The number of thiazole rings is 1. The number of aromatic hydroxyl groups is 1. The molecule has 2 aromatic heterocycles. The summed E-state index contributed by atoms with van der Waals surface area (Å²) < 4.78 is 13.8. The number of carbonyl (C=O) groups is 3. The number of benzene rings is 3. The molecular formula is C45H48FN7O4S. The summed E-state index contributed by atoms with van der Waals surface area (Å²) in [5, 5.41) is 24.3. The number of unbranched alkanes of at least 4 members (excludes halogenated alkanes) is 1. The van der Waals surface area contributed by atoms with E-state index in [-0.39, 0.29) is 53.0 Å². The van der Waals surface area contributed by atoms with Gasteiger partial charge in [-0.15, -0.1) is 21.5 Å². The molecule has 5 N–H and O–H groups in total. The Bertz CT molecular complexity index is 2350. The van der Waals surface area contributed by atoms with E-state index >= 15 is 0 Å². The Morgan fingerprint density at radius 1 is 1.00 bits per heavy atom. The number of hydrogen-bond acceptors (Lipinski definition) is 9.